The van der Waals surface area contributed by atoms with Crippen LogP contribution in [0.3, 0.4) is 0 Å². The molecule has 1 rings (SSSR count). The Hall–Kier alpha value is -1.56. The summed E-state index contributed by atoms with van der Waals surface area (Å²) in [6.07, 6.45) is 0. The van der Waals surface area contributed by atoms with E-state index in [0.717, 1.165) is 0 Å². The van der Waals surface area contributed by atoms with Crippen molar-refractivity contribution in [2.24, 2.45) is 0 Å². The van der Waals surface area contributed by atoms with Crippen molar-refractivity contribution in [3.05, 3.63) is 29.6 Å². The molecular formula is C10H10FNO. The minimum absolute atomic E-state index is 0.349. The first kappa shape index (κ1) is 9.53. The Morgan fingerprint density at radius 2 is 2.23 bits per heavy atom. The van der Waals surface area contributed by atoms with Crippen molar-refractivity contribution in [3.8, 4) is 11.8 Å². The molecule has 13 heavy (non-hydrogen) atoms. The molecular weight excluding hydrogens is 169 g/mol. The molecule has 0 spiro atoms. The minimum atomic E-state index is -0.356. The summed E-state index contributed by atoms with van der Waals surface area (Å²) in [4.78, 5) is 0. The standard InChI is InChI=1S/C10H10FNO/c1-7(6-12)9-5-8(11)3-4-10(9)13-2/h3-5,7H,1-2H3. The van der Waals surface area contributed by atoms with Gasteiger partial charge in [0.05, 0.1) is 19.1 Å². The van der Waals surface area contributed by atoms with E-state index in [-0.39, 0.29) is 11.7 Å². The summed E-state index contributed by atoms with van der Waals surface area (Å²) >= 11 is 0. The number of hydrogen-bond acceptors (Lipinski definition) is 2. The van der Waals surface area contributed by atoms with Gasteiger partial charge in [-0.05, 0) is 25.1 Å². The van der Waals surface area contributed by atoms with Crippen LogP contribution in [0.25, 0.3) is 0 Å². The highest BCUT2D eigenvalue weighted by atomic mass is 19.1. The quantitative estimate of drug-likeness (QED) is 0.698. The van der Waals surface area contributed by atoms with E-state index < -0.39 is 0 Å². The van der Waals surface area contributed by atoms with Gasteiger partial charge in [0.25, 0.3) is 0 Å². The summed E-state index contributed by atoms with van der Waals surface area (Å²) in [7, 11) is 1.50. The summed E-state index contributed by atoms with van der Waals surface area (Å²) in [6, 6.07) is 6.20. The number of hydrogen-bond donors (Lipinski definition) is 0. The lowest BCUT2D eigenvalue weighted by Crippen LogP contribution is -1.96. The first-order valence-corrected chi connectivity index (χ1v) is 3.92. The molecule has 0 radical (unpaired) electrons. The van der Waals surface area contributed by atoms with E-state index in [1.165, 1.54) is 25.3 Å². The average molecular weight is 179 g/mol. The molecule has 0 N–H and O–H groups in total. The zero-order valence-electron chi connectivity index (χ0n) is 7.54. The fraction of sp³-hybridized carbons (Fsp3) is 0.300. The van der Waals surface area contributed by atoms with Gasteiger partial charge in [0.1, 0.15) is 11.6 Å². The molecule has 0 saturated carbocycles. The lowest BCUT2D eigenvalue weighted by molar-refractivity contribution is 0.407. The molecule has 1 unspecified atom stereocenters. The molecule has 0 bridgehead atoms. The van der Waals surface area contributed by atoms with Crippen molar-refractivity contribution in [2.75, 3.05) is 7.11 Å². The van der Waals surface area contributed by atoms with E-state index in [1.54, 1.807) is 6.92 Å². The van der Waals surface area contributed by atoms with Crippen LogP contribution in [0.5, 0.6) is 5.75 Å². The van der Waals surface area contributed by atoms with E-state index in [1.807, 2.05) is 6.07 Å². The molecule has 0 aliphatic rings. The second-order valence-electron chi connectivity index (χ2n) is 2.74. The topological polar surface area (TPSA) is 33.0 Å². The Labute approximate surface area is 76.6 Å². The summed E-state index contributed by atoms with van der Waals surface area (Å²) < 4.78 is 17.8. The van der Waals surface area contributed by atoms with Crippen molar-refractivity contribution in [1.82, 2.24) is 0 Å². The maximum absolute atomic E-state index is 12.8. The van der Waals surface area contributed by atoms with Crippen LogP contribution in [0.4, 0.5) is 4.39 Å². The number of halogens is 1. The number of nitriles is 1. The third-order valence-corrected chi connectivity index (χ3v) is 1.85. The molecule has 68 valence electrons. The average Bonchev–Trinajstić information content (AvgIpc) is 2.16. The van der Waals surface area contributed by atoms with Crippen LogP contribution in [-0.4, -0.2) is 7.11 Å². The van der Waals surface area contributed by atoms with Crippen LogP contribution in [-0.2, 0) is 0 Å². The molecule has 3 heteroatoms. The molecule has 0 aliphatic heterocycles. The van der Waals surface area contributed by atoms with E-state index in [2.05, 4.69) is 0 Å². The van der Waals surface area contributed by atoms with Crippen LogP contribution in [0.15, 0.2) is 18.2 Å². The molecule has 1 aromatic carbocycles. The number of methoxy groups -OCH3 is 1. The maximum Gasteiger partial charge on any atom is 0.123 e. The number of ether oxygens (including phenoxy) is 1. The number of nitrogens with zero attached hydrogens (tertiary/aromatic N) is 1. The molecule has 2 nitrogen and oxygen atoms in total. The van der Waals surface area contributed by atoms with Crippen molar-refractivity contribution in [3.63, 3.8) is 0 Å². The Bertz CT molecular complexity index is 343. The Morgan fingerprint density at radius 1 is 1.54 bits per heavy atom. The van der Waals surface area contributed by atoms with Gasteiger partial charge in [0, 0.05) is 5.56 Å². The van der Waals surface area contributed by atoms with Crippen LogP contribution in [0.2, 0.25) is 0 Å². The first-order chi connectivity index (χ1) is 6.19. The lowest BCUT2D eigenvalue weighted by atomic mass is 10.0. The zero-order valence-corrected chi connectivity index (χ0v) is 7.54. The van der Waals surface area contributed by atoms with Gasteiger partial charge in [-0.2, -0.15) is 5.26 Å². The molecule has 0 amide bonds. The van der Waals surface area contributed by atoms with Gasteiger partial charge in [-0.25, -0.2) is 4.39 Å². The van der Waals surface area contributed by atoms with E-state index in [0.29, 0.717) is 11.3 Å². The summed E-state index contributed by atoms with van der Waals surface area (Å²) in [5.74, 6) is -0.154. The van der Waals surface area contributed by atoms with Crippen molar-refractivity contribution >= 4 is 0 Å². The van der Waals surface area contributed by atoms with Gasteiger partial charge in [0.2, 0.25) is 0 Å². The second kappa shape index (κ2) is 3.90. The second-order valence-corrected chi connectivity index (χ2v) is 2.74. The zero-order chi connectivity index (χ0) is 9.84. The van der Waals surface area contributed by atoms with Gasteiger partial charge in [-0.3, -0.25) is 0 Å². The van der Waals surface area contributed by atoms with Gasteiger partial charge in [-0.1, -0.05) is 0 Å². The lowest BCUT2D eigenvalue weighted by Gasteiger charge is -2.09. The molecule has 0 saturated heterocycles. The highest BCUT2D eigenvalue weighted by Gasteiger charge is 2.11. The SMILES string of the molecule is COc1ccc(F)cc1C(C)C#N. The van der Waals surface area contributed by atoms with Gasteiger partial charge < -0.3 is 4.74 Å². The summed E-state index contributed by atoms with van der Waals surface area (Å²) in [5.41, 5.74) is 0.588. The Kier molecular flexibility index (Phi) is 2.86. The van der Waals surface area contributed by atoms with E-state index in [4.69, 9.17) is 10.00 Å². The van der Waals surface area contributed by atoms with Crippen molar-refractivity contribution < 1.29 is 9.13 Å². The fourth-order valence-corrected chi connectivity index (χ4v) is 1.11. The normalized spacial score (nSPS) is 11.8. The van der Waals surface area contributed by atoms with Crippen molar-refractivity contribution in [2.45, 2.75) is 12.8 Å². The summed E-state index contributed by atoms with van der Waals surface area (Å²) in [6.45, 7) is 1.71. The third-order valence-electron chi connectivity index (χ3n) is 1.85. The van der Waals surface area contributed by atoms with Crippen LogP contribution < -0.4 is 4.74 Å². The van der Waals surface area contributed by atoms with Gasteiger partial charge in [0.15, 0.2) is 0 Å². The fourth-order valence-electron chi connectivity index (χ4n) is 1.11. The predicted octanol–water partition coefficient (Wildman–Crippen LogP) is 2.46. The molecule has 1 aromatic rings. The van der Waals surface area contributed by atoms with E-state index >= 15 is 0 Å². The highest BCUT2D eigenvalue weighted by molar-refractivity contribution is 5.38. The Balaban J connectivity index is 3.17. The van der Waals surface area contributed by atoms with Gasteiger partial charge >= 0.3 is 0 Å². The molecule has 0 aromatic heterocycles. The van der Waals surface area contributed by atoms with Crippen molar-refractivity contribution in [1.29, 1.82) is 5.26 Å². The first-order valence-electron chi connectivity index (χ1n) is 3.92. The number of rotatable bonds is 2. The Morgan fingerprint density at radius 3 is 2.77 bits per heavy atom. The molecule has 0 heterocycles. The van der Waals surface area contributed by atoms with E-state index in [9.17, 15) is 4.39 Å². The van der Waals surface area contributed by atoms with Gasteiger partial charge in [-0.15, -0.1) is 0 Å². The smallest absolute Gasteiger partial charge is 0.123 e. The van der Waals surface area contributed by atoms with Crippen LogP contribution in [0, 0.1) is 17.1 Å². The minimum Gasteiger partial charge on any atom is -0.496 e. The molecule has 0 fully saturated rings. The third kappa shape index (κ3) is 1.97. The molecule has 1 atom stereocenters. The highest BCUT2D eigenvalue weighted by Crippen LogP contribution is 2.26. The maximum atomic E-state index is 12.8. The predicted molar refractivity (Wildman–Crippen MR) is 47.0 cm³/mol. The monoisotopic (exact) mass is 179 g/mol. The largest absolute Gasteiger partial charge is 0.496 e. The van der Waals surface area contributed by atoms with Crippen LogP contribution >= 0.6 is 0 Å². The number of benzene rings is 1. The van der Waals surface area contributed by atoms with Crippen LogP contribution in [0.1, 0.15) is 18.4 Å². The summed E-state index contributed by atoms with van der Waals surface area (Å²) in [5, 5.41) is 8.67. The molecule has 0 aliphatic carbocycles.